The van der Waals surface area contributed by atoms with Crippen LogP contribution in [-0.4, -0.2) is 57.0 Å². The van der Waals surface area contributed by atoms with E-state index in [1.165, 1.54) is 30.5 Å². The van der Waals surface area contributed by atoms with E-state index in [0.717, 1.165) is 11.1 Å². The van der Waals surface area contributed by atoms with Crippen LogP contribution in [-0.2, 0) is 16.0 Å². The van der Waals surface area contributed by atoms with Crippen molar-refractivity contribution in [3.8, 4) is 0 Å². The molecular formula is C26H31F2N3O5. The maximum Gasteiger partial charge on any atom is 0.326 e. The number of hydroxylamine groups is 3. The van der Waals surface area contributed by atoms with E-state index in [0.29, 0.717) is 6.42 Å². The van der Waals surface area contributed by atoms with E-state index in [4.69, 9.17) is 0 Å². The van der Waals surface area contributed by atoms with Gasteiger partial charge in [-0.3, -0.25) is 14.9 Å². The van der Waals surface area contributed by atoms with E-state index in [-0.39, 0.29) is 24.8 Å². The second-order valence-electron chi connectivity index (χ2n) is 9.56. The Labute approximate surface area is 208 Å². The zero-order valence-corrected chi connectivity index (χ0v) is 20.2. The maximum absolute atomic E-state index is 13.6. The summed E-state index contributed by atoms with van der Waals surface area (Å²) in [6, 6.07) is 8.92. The summed E-state index contributed by atoms with van der Waals surface area (Å²) < 4.78 is 25.9. The highest BCUT2D eigenvalue weighted by Gasteiger charge is 2.36. The molecule has 3 unspecified atom stereocenters. The van der Waals surface area contributed by atoms with Gasteiger partial charge in [0.25, 0.3) is 0 Å². The van der Waals surface area contributed by atoms with Crippen LogP contribution < -0.4 is 5.32 Å². The molecule has 0 spiro atoms. The Morgan fingerprint density at radius 1 is 1.00 bits per heavy atom. The molecule has 0 radical (unpaired) electrons. The number of aliphatic carboxylic acids is 2. The highest BCUT2D eigenvalue weighted by Crippen LogP contribution is 2.31. The van der Waals surface area contributed by atoms with Crippen molar-refractivity contribution in [2.45, 2.75) is 44.8 Å². The van der Waals surface area contributed by atoms with Gasteiger partial charge in [0, 0.05) is 0 Å². The fourth-order valence-electron chi connectivity index (χ4n) is 4.32. The zero-order chi connectivity index (χ0) is 26.5. The average Bonchev–Trinajstić information content (AvgIpc) is 3.19. The third-order valence-corrected chi connectivity index (χ3v) is 6.13. The van der Waals surface area contributed by atoms with Crippen LogP contribution in [0, 0.1) is 22.8 Å². The lowest BCUT2D eigenvalue weighted by molar-refractivity contribution is -0.832. The van der Waals surface area contributed by atoms with Crippen LogP contribution in [0.2, 0.25) is 0 Å². The van der Waals surface area contributed by atoms with Crippen molar-refractivity contribution in [1.29, 1.82) is 0 Å². The molecule has 0 bridgehead atoms. The van der Waals surface area contributed by atoms with Gasteiger partial charge in [-0.05, 0) is 54.2 Å². The minimum atomic E-state index is -1.38. The van der Waals surface area contributed by atoms with Gasteiger partial charge in [-0.2, -0.15) is 0 Å². The van der Waals surface area contributed by atoms with Crippen LogP contribution in [0.4, 0.5) is 8.78 Å². The first-order valence-corrected chi connectivity index (χ1v) is 11.7. The number of hydrogen-bond acceptors (Lipinski definition) is 5. The van der Waals surface area contributed by atoms with Gasteiger partial charge in [0.05, 0.1) is 12.2 Å². The average molecular weight is 504 g/mol. The molecule has 0 aromatic heterocycles. The predicted octanol–water partition coefficient (Wildman–Crippen LogP) is 3.85. The standard InChI is InChI=1S/C26H31F2N3O5/c1-17(2)13-22(25(32)33)29-23(26(34)35)15-31(36)12-11-30(16-31)24(19-5-9-21(28)10-6-19)14-18-3-7-20(27)8-4-18/h3-12,17,22-24,29H,13-16H2,1-2H3,(H,32,33)(H,34,35)/t22-,23?,24?,31?/m0/s1. The quantitative estimate of drug-likeness (QED) is 0.298. The molecule has 1 aliphatic rings. The zero-order valence-electron chi connectivity index (χ0n) is 20.2. The van der Waals surface area contributed by atoms with Gasteiger partial charge in [-0.15, -0.1) is 0 Å². The van der Waals surface area contributed by atoms with Crippen LogP contribution in [0.5, 0.6) is 0 Å². The van der Waals surface area contributed by atoms with Gasteiger partial charge in [0.15, 0.2) is 12.7 Å². The summed E-state index contributed by atoms with van der Waals surface area (Å²) in [5.41, 5.74) is 1.53. The molecule has 1 aliphatic heterocycles. The fraction of sp³-hybridized carbons (Fsp3) is 0.385. The Kier molecular flexibility index (Phi) is 8.78. The third kappa shape index (κ3) is 7.33. The second kappa shape index (κ2) is 11.6. The molecule has 8 nitrogen and oxygen atoms in total. The number of hydrogen-bond donors (Lipinski definition) is 3. The molecule has 0 saturated heterocycles. The maximum atomic E-state index is 13.6. The Morgan fingerprint density at radius 3 is 2.08 bits per heavy atom. The van der Waals surface area contributed by atoms with E-state index in [1.807, 2.05) is 13.8 Å². The lowest BCUT2D eigenvalue weighted by atomic mass is 9.97. The first-order chi connectivity index (χ1) is 17.0. The monoisotopic (exact) mass is 503 g/mol. The third-order valence-electron chi connectivity index (χ3n) is 6.13. The molecule has 3 N–H and O–H groups in total. The number of carbonyl (C=O) groups is 2. The van der Waals surface area contributed by atoms with Crippen molar-refractivity contribution < 1.29 is 33.2 Å². The van der Waals surface area contributed by atoms with Crippen molar-refractivity contribution >= 4 is 11.9 Å². The van der Waals surface area contributed by atoms with Crippen molar-refractivity contribution in [2.24, 2.45) is 5.92 Å². The molecule has 0 aliphatic carbocycles. The highest BCUT2D eigenvalue weighted by molar-refractivity contribution is 5.77. The van der Waals surface area contributed by atoms with E-state index in [2.05, 4.69) is 5.32 Å². The number of rotatable bonds is 12. The van der Waals surface area contributed by atoms with Crippen LogP contribution in [0.1, 0.15) is 37.4 Å². The van der Waals surface area contributed by atoms with Gasteiger partial charge >= 0.3 is 11.9 Å². The highest BCUT2D eigenvalue weighted by atomic mass is 19.1. The van der Waals surface area contributed by atoms with Crippen LogP contribution in [0.15, 0.2) is 60.9 Å². The Hall–Kier alpha value is -3.34. The summed E-state index contributed by atoms with van der Waals surface area (Å²) in [4.78, 5) is 25.3. The van der Waals surface area contributed by atoms with Crippen LogP contribution in [0.25, 0.3) is 0 Å². The molecule has 2 aromatic rings. The number of halogens is 2. The summed E-state index contributed by atoms with van der Waals surface area (Å²) >= 11 is 0. The molecule has 0 saturated carbocycles. The first-order valence-electron chi connectivity index (χ1n) is 11.7. The van der Waals surface area contributed by atoms with E-state index in [9.17, 15) is 33.8 Å². The lowest BCUT2D eigenvalue weighted by Gasteiger charge is -2.40. The Morgan fingerprint density at radius 2 is 1.56 bits per heavy atom. The predicted molar refractivity (Wildman–Crippen MR) is 129 cm³/mol. The summed E-state index contributed by atoms with van der Waals surface area (Å²) in [5, 5.41) is 35.3. The second-order valence-corrected chi connectivity index (χ2v) is 9.56. The van der Waals surface area contributed by atoms with Crippen molar-refractivity contribution in [3.63, 3.8) is 0 Å². The Balaban J connectivity index is 1.79. The smallest absolute Gasteiger partial charge is 0.326 e. The van der Waals surface area contributed by atoms with E-state index >= 15 is 0 Å². The van der Waals surface area contributed by atoms with Gasteiger partial charge < -0.3 is 25.0 Å². The molecule has 0 amide bonds. The van der Waals surface area contributed by atoms with Crippen LogP contribution >= 0.6 is 0 Å². The number of carboxylic acid groups (broad SMARTS) is 2. The van der Waals surface area contributed by atoms with Gasteiger partial charge in [0.1, 0.15) is 30.4 Å². The van der Waals surface area contributed by atoms with Crippen molar-refractivity contribution in [3.05, 3.63) is 88.9 Å². The fourth-order valence-corrected chi connectivity index (χ4v) is 4.32. The molecule has 2 aromatic carbocycles. The largest absolute Gasteiger partial charge is 0.626 e. The summed E-state index contributed by atoms with van der Waals surface area (Å²) in [6.07, 6.45) is 3.51. The molecule has 10 heteroatoms. The van der Waals surface area contributed by atoms with Crippen molar-refractivity contribution in [2.75, 3.05) is 13.2 Å². The molecular weight excluding hydrogens is 472 g/mol. The summed E-state index contributed by atoms with van der Waals surface area (Å²) in [5.74, 6) is -3.27. The van der Waals surface area contributed by atoms with Gasteiger partial charge in [0.2, 0.25) is 0 Å². The molecule has 3 rings (SSSR count). The number of benzene rings is 2. The normalized spacial score (nSPS) is 19.9. The minimum Gasteiger partial charge on any atom is -0.626 e. The molecule has 0 fully saturated rings. The molecule has 194 valence electrons. The number of nitrogens with one attached hydrogen (secondary N) is 1. The van der Waals surface area contributed by atoms with Gasteiger partial charge in [-0.25, -0.2) is 8.78 Å². The molecule has 36 heavy (non-hydrogen) atoms. The lowest BCUT2D eigenvalue weighted by Crippen LogP contribution is -2.56. The van der Waals surface area contributed by atoms with E-state index < -0.39 is 47.1 Å². The summed E-state index contributed by atoms with van der Waals surface area (Å²) in [7, 11) is 0. The van der Waals surface area contributed by atoms with Gasteiger partial charge in [-0.1, -0.05) is 38.1 Å². The van der Waals surface area contributed by atoms with Crippen molar-refractivity contribution in [1.82, 2.24) is 10.2 Å². The summed E-state index contributed by atoms with van der Waals surface area (Å²) in [6.45, 7) is 3.10. The van der Waals surface area contributed by atoms with Crippen LogP contribution in [0.3, 0.4) is 0 Å². The molecule has 4 atom stereocenters. The molecule has 1 heterocycles. The number of quaternary nitrogens is 1. The Bertz CT molecular complexity index is 1080. The minimum absolute atomic E-state index is 0.00791. The SMILES string of the molecule is CC(C)C[C@H](NC(C[N+]1([O-])C=CN(C(Cc2ccc(F)cc2)c2ccc(F)cc2)C1)C(=O)O)C(=O)O. The number of carboxylic acids is 2. The topological polar surface area (TPSA) is 113 Å². The van der Waals surface area contributed by atoms with E-state index in [1.54, 1.807) is 35.4 Å². The first kappa shape index (κ1) is 27.3. The number of nitrogens with zero attached hydrogens (tertiary/aromatic N) is 2.